The average molecular weight is 467 g/mol. The summed E-state index contributed by atoms with van der Waals surface area (Å²) in [6.45, 7) is 1.76. The molecular formula is C17H15BrN4O3S2. The molecule has 1 aromatic heterocycles. The number of allylic oxidation sites excluding steroid dienone is 1. The van der Waals surface area contributed by atoms with Crippen LogP contribution in [0.1, 0.15) is 28.4 Å². The summed E-state index contributed by atoms with van der Waals surface area (Å²) in [6.07, 6.45) is 2.48. The number of hydrogen-bond acceptors (Lipinski definition) is 8. The minimum atomic E-state index is -0.666. The number of ether oxygens (including phenoxy) is 1. The van der Waals surface area contributed by atoms with Crippen molar-refractivity contribution in [1.29, 1.82) is 5.41 Å². The number of nitrogens with two attached hydrogens (primary N) is 1. The molecule has 0 spiro atoms. The molecular weight excluding hydrogens is 452 g/mol. The maximum atomic E-state index is 12.8. The number of thioether (sulfide) groups is 1. The number of ketones is 1. The molecule has 1 fully saturated rings. The molecule has 3 N–H and O–H groups in total. The van der Waals surface area contributed by atoms with Crippen LogP contribution in [0.5, 0.6) is 5.75 Å². The summed E-state index contributed by atoms with van der Waals surface area (Å²) in [5.74, 6) is -0.893. The van der Waals surface area contributed by atoms with E-state index in [1.807, 2.05) is 6.92 Å². The second-order valence-corrected chi connectivity index (χ2v) is 8.64. The SMILES string of the molecule is CCc1nnc([C@@H]2C(=N)S/C(=C\c3ccc(OCC(N)=O)c(Br)c3)C2=O)s1. The molecule has 0 radical (unpaired) electrons. The number of halogens is 1. The van der Waals surface area contributed by atoms with Crippen molar-refractivity contribution >= 4 is 61.8 Å². The standard InChI is InChI=1S/C17H15BrN4O3S2/c1-2-13-21-22-17(27-13)14-15(24)11(26-16(14)20)6-8-3-4-10(9(18)5-8)25-7-12(19)23/h3-6,14,20H,2,7H2,1H3,(H2,19,23)/b11-6-,20-16?/t14-/m0/s1. The van der Waals surface area contributed by atoms with Crippen LogP contribution in [-0.2, 0) is 16.0 Å². The van der Waals surface area contributed by atoms with Crippen LogP contribution in [-0.4, -0.2) is 33.5 Å². The molecule has 27 heavy (non-hydrogen) atoms. The van der Waals surface area contributed by atoms with Crippen LogP contribution in [0.2, 0.25) is 0 Å². The molecule has 3 rings (SSSR count). The van der Waals surface area contributed by atoms with E-state index in [-0.39, 0.29) is 17.4 Å². The number of Topliss-reactive ketones (excluding diaryl/α,β-unsaturated/α-hetero) is 1. The first-order valence-electron chi connectivity index (χ1n) is 7.94. The van der Waals surface area contributed by atoms with Crippen LogP contribution in [0.3, 0.4) is 0 Å². The maximum absolute atomic E-state index is 12.8. The fraction of sp³-hybridized carbons (Fsp3) is 0.235. The van der Waals surface area contributed by atoms with Gasteiger partial charge in [-0.1, -0.05) is 24.8 Å². The lowest BCUT2D eigenvalue weighted by Crippen LogP contribution is -2.20. The first-order valence-corrected chi connectivity index (χ1v) is 10.4. The van der Waals surface area contributed by atoms with Crippen molar-refractivity contribution in [2.45, 2.75) is 19.3 Å². The Balaban J connectivity index is 1.81. The number of benzene rings is 1. The molecule has 0 aliphatic carbocycles. The third-order valence-electron chi connectivity index (χ3n) is 3.64. The molecule has 140 valence electrons. The highest BCUT2D eigenvalue weighted by atomic mass is 79.9. The Labute approximate surface area is 172 Å². The lowest BCUT2D eigenvalue weighted by molar-refractivity contribution is -0.120. The van der Waals surface area contributed by atoms with Crippen molar-refractivity contribution in [2.24, 2.45) is 5.73 Å². The summed E-state index contributed by atoms with van der Waals surface area (Å²) in [7, 11) is 0. The topological polar surface area (TPSA) is 119 Å². The van der Waals surface area contributed by atoms with Gasteiger partial charge in [0.25, 0.3) is 5.91 Å². The van der Waals surface area contributed by atoms with Gasteiger partial charge < -0.3 is 10.5 Å². The average Bonchev–Trinajstić information content (AvgIpc) is 3.18. The zero-order chi connectivity index (χ0) is 19.6. The van der Waals surface area contributed by atoms with Crippen LogP contribution < -0.4 is 10.5 Å². The van der Waals surface area contributed by atoms with E-state index in [1.54, 1.807) is 24.3 Å². The second kappa shape index (κ2) is 8.32. The first-order chi connectivity index (χ1) is 12.9. The Hall–Kier alpha value is -2.04. The fourth-order valence-corrected chi connectivity index (χ4v) is 4.83. The van der Waals surface area contributed by atoms with E-state index in [1.165, 1.54) is 11.3 Å². The Morgan fingerprint density at radius 2 is 2.22 bits per heavy atom. The van der Waals surface area contributed by atoms with Crippen molar-refractivity contribution in [3.63, 3.8) is 0 Å². The van der Waals surface area contributed by atoms with Crippen molar-refractivity contribution < 1.29 is 14.3 Å². The van der Waals surface area contributed by atoms with Gasteiger partial charge in [0.2, 0.25) is 0 Å². The van der Waals surface area contributed by atoms with Gasteiger partial charge in [0.05, 0.1) is 14.4 Å². The van der Waals surface area contributed by atoms with Crippen LogP contribution in [0, 0.1) is 5.41 Å². The highest BCUT2D eigenvalue weighted by Crippen LogP contribution is 2.41. The highest BCUT2D eigenvalue weighted by Gasteiger charge is 2.39. The summed E-state index contributed by atoms with van der Waals surface area (Å²) < 4.78 is 5.92. The highest BCUT2D eigenvalue weighted by molar-refractivity contribution is 9.10. The molecule has 0 saturated carbocycles. The minimum Gasteiger partial charge on any atom is -0.483 e. The van der Waals surface area contributed by atoms with Gasteiger partial charge in [-0.25, -0.2) is 0 Å². The summed E-state index contributed by atoms with van der Waals surface area (Å²) in [5.41, 5.74) is 5.84. The van der Waals surface area contributed by atoms with Crippen LogP contribution >= 0.6 is 39.0 Å². The summed E-state index contributed by atoms with van der Waals surface area (Å²) in [4.78, 5) is 24.1. The third-order valence-corrected chi connectivity index (χ3v) is 6.39. The number of carbonyl (C=O) groups excluding carboxylic acids is 2. The normalized spacial score (nSPS) is 18.3. The Morgan fingerprint density at radius 3 is 2.85 bits per heavy atom. The van der Waals surface area contributed by atoms with Crippen molar-refractivity contribution in [3.8, 4) is 5.75 Å². The zero-order valence-corrected chi connectivity index (χ0v) is 17.4. The lowest BCUT2D eigenvalue weighted by atomic mass is 10.1. The van der Waals surface area contributed by atoms with Gasteiger partial charge in [-0.2, -0.15) is 0 Å². The number of aromatic nitrogens is 2. The van der Waals surface area contributed by atoms with Crippen molar-refractivity contribution in [1.82, 2.24) is 10.2 Å². The van der Waals surface area contributed by atoms with Gasteiger partial charge in [0, 0.05) is 0 Å². The predicted molar refractivity (Wildman–Crippen MR) is 109 cm³/mol. The largest absolute Gasteiger partial charge is 0.483 e. The molecule has 2 aromatic rings. The lowest BCUT2D eigenvalue weighted by Gasteiger charge is -2.07. The van der Waals surface area contributed by atoms with Crippen LogP contribution in [0.15, 0.2) is 27.6 Å². The number of hydrogen-bond donors (Lipinski definition) is 2. The molecule has 0 bridgehead atoms. The van der Waals surface area contributed by atoms with E-state index in [0.29, 0.717) is 20.1 Å². The van der Waals surface area contributed by atoms with Gasteiger partial charge in [0.15, 0.2) is 12.4 Å². The van der Waals surface area contributed by atoms with E-state index in [4.69, 9.17) is 15.9 Å². The number of amides is 1. The third kappa shape index (κ3) is 4.45. The summed E-state index contributed by atoms with van der Waals surface area (Å²) in [5, 5.41) is 18.0. The van der Waals surface area contributed by atoms with Crippen molar-refractivity contribution in [3.05, 3.63) is 43.2 Å². The molecule has 0 unspecified atom stereocenters. The molecule has 1 aromatic carbocycles. The molecule has 1 aliphatic rings. The number of nitrogens with one attached hydrogen (secondary N) is 1. The molecule has 1 saturated heterocycles. The first kappa shape index (κ1) is 19.7. The maximum Gasteiger partial charge on any atom is 0.255 e. The second-order valence-electron chi connectivity index (χ2n) is 5.60. The number of aryl methyl sites for hydroxylation is 1. The van der Waals surface area contributed by atoms with Gasteiger partial charge in [-0.15, -0.1) is 21.5 Å². The smallest absolute Gasteiger partial charge is 0.255 e. The monoisotopic (exact) mass is 466 g/mol. The Bertz CT molecular complexity index is 957. The number of carbonyl (C=O) groups is 2. The van der Waals surface area contributed by atoms with Crippen molar-refractivity contribution in [2.75, 3.05) is 6.61 Å². The van der Waals surface area contributed by atoms with Gasteiger partial charge in [-0.3, -0.25) is 15.0 Å². The van der Waals surface area contributed by atoms with Gasteiger partial charge in [0.1, 0.15) is 21.7 Å². The number of primary amides is 1. The molecule has 1 atom stereocenters. The van der Waals surface area contributed by atoms with E-state index >= 15 is 0 Å². The summed E-state index contributed by atoms with van der Waals surface area (Å²) >= 11 is 5.89. The fourth-order valence-electron chi connectivity index (χ4n) is 2.36. The molecule has 2 heterocycles. The minimum absolute atomic E-state index is 0.144. The number of nitrogens with zero attached hydrogens (tertiary/aromatic N) is 2. The molecule has 7 nitrogen and oxygen atoms in total. The molecule has 1 amide bonds. The summed E-state index contributed by atoms with van der Waals surface area (Å²) in [6, 6.07) is 5.22. The molecule has 1 aliphatic heterocycles. The number of rotatable bonds is 6. The van der Waals surface area contributed by atoms with E-state index in [9.17, 15) is 9.59 Å². The van der Waals surface area contributed by atoms with Crippen LogP contribution in [0.4, 0.5) is 0 Å². The van der Waals surface area contributed by atoms with Crippen LogP contribution in [0.25, 0.3) is 6.08 Å². The van der Waals surface area contributed by atoms with E-state index < -0.39 is 11.8 Å². The van der Waals surface area contributed by atoms with E-state index in [2.05, 4.69) is 26.1 Å². The Morgan fingerprint density at radius 1 is 1.44 bits per heavy atom. The zero-order valence-electron chi connectivity index (χ0n) is 14.2. The Kier molecular flexibility index (Phi) is 6.08. The van der Waals surface area contributed by atoms with Gasteiger partial charge >= 0.3 is 0 Å². The van der Waals surface area contributed by atoms with E-state index in [0.717, 1.165) is 28.8 Å². The molecule has 10 heteroatoms. The quantitative estimate of drug-likeness (QED) is 0.630. The predicted octanol–water partition coefficient (Wildman–Crippen LogP) is 3.14. The van der Waals surface area contributed by atoms with Gasteiger partial charge in [-0.05, 0) is 46.1 Å².